The third kappa shape index (κ3) is 5.06. The molecule has 2 aliphatic heterocycles. The van der Waals surface area contributed by atoms with Crippen LogP contribution in [-0.4, -0.2) is 54.6 Å². The molecule has 0 saturated carbocycles. The van der Waals surface area contributed by atoms with Gasteiger partial charge in [-0.15, -0.1) is 5.10 Å². The van der Waals surface area contributed by atoms with E-state index in [9.17, 15) is 10.1 Å². The Morgan fingerprint density at radius 3 is 2.51 bits per heavy atom. The van der Waals surface area contributed by atoms with Crippen molar-refractivity contribution >= 4 is 40.8 Å². The Balaban J connectivity index is 1.06. The Morgan fingerprint density at radius 1 is 1.00 bits per heavy atom. The number of amides is 2. The molecule has 0 spiro atoms. The molecule has 5 aromatic rings. The van der Waals surface area contributed by atoms with Crippen molar-refractivity contribution in [3.63, 3.8) is 0 Å². The molecule has 0 atom stereocenters. The van der Waals surface area contributed by atoms with Crippen LogP contribution in [0, 0.1) is 11.3 Å². The molecule has 13 heteroatoms. The van der Waals surface area contributed by atoms with Crippen molar-refractivity contribution < 1.29 is 9.53 Å². The highest BCUT2D eigenvalue weighted by Gasteiger charge is 2.32. The Hall–Kier alpha value is -5.90. The fourth-order valence-corrected chi connectivity index (χ4v) is 5.45. The number of nitrogens with one attached hydrogen (secondary N) is 2. The van der Waals surface area contributed by atoms with Gasteiger partial charge in [0.2, 0.25) is 11.9 Å². The lowest BCUT2D eigenvalue weighted by atomic mass is 10.0. The molecule has 0 aliphatic carbocycles. The zero-order valence-electron chi connectivity index (χ0n) is 23.0. The van der Waals surface area contributed by atoms with E-state index in [1.54, 1.807) is 24.5 Å². The maximum Gasteiger partial charge on any atom is 0.322 e. The number of pyridine rings is 1. The molecule has 214 valence electrons. The van der Waals surface area contributed by atoms with Gasteiger partial charge in [0, 0.05) is 49.4 Å². The van der Waals surface area contributed by atoms with Crippen molar-refractivity contribution in [2.75, 3.05) is 34.4 Å². The molecule has 2 aromatic carbocycles. The fraction of sp³-hybridized carbons (Fsp3) is 0.200. The van der Waals surface area contributed by atoms with Crippen LogP contribution in [0.1, 0.15) is 24.0 Å². The van der Waals surface area contributed by atoms with Gasteiger partial charge in [-0.25, -0.2) is 4.79 Å². The molecule has 1 fully saturated rings. The number of urea groups is 1. The summed E-state index contributed by atoms with van der Waals surface area (Å²) < 4.78 is 7.19. The van der Waals surface area contributed by atoms with Crippen molar-refractivity contribution in [3.8, 4) is 17.6 Å². The van der Waals surface area contributed by atoms with Gasteiger partial charge in [0.1, 0.15) is 23.1 Å². The number of rotatable bonds is 6. The minimum Gasteiger partial charge on any atom is -0.457 e. The number of hydrogen-bond donors (Lipinski definition) is 3. The molecule has 1 saturated heterocycles. The van der Waals surface area contributed by atoms with Crippen LogP contribution in [0.4, 0.5) is 33.9 Å². The minimum atomic E-state index is -0.0760. The SMILES string of the molecule is N#Cc1c(Nc2ccc(Oc3ccncc3)cc2)nn2c(N)nc(N3CCC(N4Cc5ccccc5NC4=O)CC3)nc12. The second kappa shape index (κ2) is 10.8. The van der Waals surface area contributed by atoms with Crippen LogP contribution in [0.5, 0.6) is 11.5 Å². The van der Waals surface area contributed by atoms with Gasteiger partial charge in [-0.2, -0.15) is 19.7 Å². The number of carbonyl (C=O) groups excluding carboxylic acids is 1. The number of piperidine rings is 1. The lowest BCUT2D eigenvalue weighted by Crippen LogP contribution is -2.50. The number of fused-ring (bicyclic) bond motifs is 2. The maximum absolute atomic E-state index is 12.8. The van der Waals surface area contributed by atoms with Crippen LogP contribution in [-0.2, 0) is 6.54 Å². The van der Waals surface area contributed by atoms with Gasteiger partial charge in [-0.3, -0.25) is 4.98 Å². The number of benzene rings is 2. The Kier molecular flexibility index (Phi) is 6.55. The molecular weight excluding hydrogens is 546 g/mol. The second-order valence-electron chi connectivity index (χ2n) is 10.3. The first-order valence-electron chi connectivity index (χ1n) is 13.9. The van der Waals surface area contributed by atoms with Gasteiger partial charge < -0.3 is 30.9 Å². The molecule has 4 N–H and O–H groups in total. The molecule has 2 aliphatic rings. The standard InChI is InChI=1S/C30H27N11O2/c31-17-24-26(34-20-5-7-22(8-6-20)43-23-9-13-33-14-10-23)38-41-27(24)36-29(37-28(41)32)39-15-11-21(12-16-39)40-18-19-3-1-2-4-25(19)35-30(40)42/h1-10,13-14,21H,11-12,15-16,18H2,(H,34,38)(H,35,42)(H2,32,36,37). The second-order valence-corrected chi connectivity index (χ2v) is 10.3. The molecule has 2 amide bonds. The van der Waals surface area contributed by atoms with Gasteiger partial charge in [-0.05, 0) is 60.9 Å². The highest BCUT2D eigenvalue weighted by atomic mass is 16.5. The molecule has 5 heterocycles. The minimum absolute atomic E-state index is 0.0760. The van der Waals surface area contributed by atoms with E-state index in [1.165, 1.54) is 4.52 Å². The van der Waals surface area contributed by atoms with Crippen LogP contribution >= 0.6 is 0 Å². The lowest BCUT2D eigenvalue weighted by Gasteiger charge is -2.40. The Morgan fingerprint density at radius 2 is 1.74 bits per heavy atom. The smallest absolute Gasteiger partial charge is 0.322 e. The highest BCUT2D eigenvalue weighted by molar-refractivity contribution is 5.92. The molecule has 7 rings (SSSR count). The topological polar surface area (TPSA) is 163 Å². The summed E-state index contributed by atoms with van der Waals surface area (Å²) in [6.07, 6.45) is 4.83. The normalized spacial score (nSPS) is 15.1. The molecule has 0 unspecified atom stereocenters. The third-order valence-corrected chi connectivity index (χ3v) is 7.66. The van der Waals surface area contributed by atoms with Crippen LogP contribution in [0.3, 0.4) is 0 Å². The number of nitrogens with zero attached hydrogens (tertiary/aromatic N) is 8. The lowest BCUT2D eigenvalue weighted by molar-refractivity contribution is 0.167. The van der Waals surface area contributed by atoms with Gasteiger partial charge in [0.05, 0.1) is 0 Å². The number of nitriles is 1. The molecule has 43 heavy (non-hydrogen) atoms. The summed E-state index contributed by atoms with van der Waals surface area (Å²) in [6, 6.07) is 20.9. The maximum atomic E-state index is 12.8. The van der Waals surface area contributed by atoms with Crippen molar-refractivity contribution in [1.29, 1.82) is 5.26 Å². The summed E-state index contributed by atoms with van der Waals surface area (Å²) in [5, 5.41) is 20.7. The van der Waals surface area contributed by atoms with E-state index < -0.39 is 0 Å². The monoisotopic (exact) mass is 573 g/mol. The summed E-state index contributed by atoms with van der Waals surface area (Å²) in [7, 11) is 0. The van der Waals surface area contributed by atoms with Gasteiger partial charge in [0.15, 0.2) is 11.5 Å². The van der Waals surface area contributed by atoms with E-state index >= 15 is 0 Å². The zero-order valence-corrected chi connectivity index (χ0v) is 23.0. The van der Waals surface area contributed by atoms with E-state index in [4.69, 9.17) is 15.5 Å². The van der Waals surface area contributed by atoms with E-state index in [0.717, 1.165) is 24.1 Å². The molecule has 3 aromatic heterocycles. The first kappa shape index (κ1) is 26.0. The Labute approximate surface area is 246 Å². The summed E-state index contributed by atoms with van der Waals surface area (Å²) in [4.78, 5) is 29.9. The van der Waals surface area contributed by atoms with E-state index in [2.05, 4.69) is 31.8 Å². The van der Waals surface area contributed by atoms with Crippen molar-refractivity contribution in [2.24, 2.45) is 0 Å². The van der Waals surface area contributed by atoms with Crippen molar-refractivity contribution in [1.82, 2.24) is 29.5 Å². The predicted octanol–water partition coefficient (Wildman–Crippen LogP) is 4.53. The van der Waals surface area contributed by atoms with Gasteiger partial charge >= 0.3 is 6.03 Å². The molecular formula is C30H27N11O2. The number of ether oxygens (including phenoxy) is 1. The van der Waals surface area contributed by atoms with E-state index in [0.29, 0.717) is 54.2 Å². The Bertz CT molecular complexity index is 1840. The van der Waals surface area contributed by atoms with Gasteiger partial charge in [-0.1, -0.05) is 18.2 Å². The van der Waals surface area contributed by atoms with E-state index in [-0.39, 0.29) is 23.6 Å². The van der Waals surface area contributed by atoms with Crippen LogP contribution in [0.15, 0.2) is 73.1 Å². The van der Waals surface area contributed by atoms with Crippen LogP contribution in [0.2, 0.25) is 0 Å². The summed E-state index contributed by atoms with van der Waals surface area (Å²) in [6.45, 7) is 1.86. The van der Waals surface area contributed by atoms with Crippen LogP contribution < -0.4 is 26.0 Å². The van der Waals surface area contributed by atoms with Gasteiger partial charge in [0.25, 0.3) is 0 Å². The van der Waals surface area contributed by atoms with E-state index in [1.807, 2.05) is 58.3 Å². The molecule has 0 bridgehead atoms. The van der Waals surface area contributed by atoms with Crippen LogP contribution in [0.25, 0.3) is 5.65 Å². The summed E-state index contributed by atoms with van der Waals surface area (Å²) >= 11 is 0. The average molecular weight is 574 g/mol. The first-order chi connectivity index (χ1) is 21.1. The first-order valence-corrected chi connectivity index (χ1v) is 13.9. The highest BCUT2D eigenvalue weighted by Crippen LogP contribution is 2.30. The predicted molar refractivity (Wildman–Crippen MR) is 160 cm³/mol. The summed E-state index contributed by atoms with van der Waals surface area (Å²) in [5.41, 5.74) is 9.56. The zero-order chi connectivity index (χ0) is 29.3. The number of hydrogen-bond acceptors (Lipinski definition) is 10. The number of nitrogen functional groups attached to an aromatic ring is 1. The number of carbonyl (C=O) groups is 1. The van der Waals surface area contributed by atoms with Crippen molar-refractivity contribution in [3.05, 3.63) is 84.2 Å². The largest absolute Gasteiger partial charge is 0.457 e. The number of aromatic nitrogens is 5. The molecule has 0 radical (unpaired) electrons. The quantitative estimate of drug-likeness (QED) is 0.263. The number of nitrogens with two attached hydrogens (primary N) is 1. The third-order valence-electron chi connectivity index (χ3n) is 7.66. The summed E-state index contributed by atoms with van der Waals surface area (Å²) in [5.74, 6) is 2.21. The number of anilines is 5. The van der Waals surface area contributed by atoms with Crippen molar-refractivity contribution in [2.45, 2.75) is 25.4 Å². The average Bonchev–Trinajstić information content (AvgIpc) is 3.39. The number of para-hydroxylation sites is 1. The molecule has 13 nitrogen and oxygen atoms in total. The fourth-order valence-electron chi connectivity index (χ4n) is 5.45.